The molecular formula is C17H20N4O3. The van der Waals surface area contributed by atoms with Crippen molar-refractivity contribution in [3.05, 3.63) is 63.8 Å². The average molecular weight is 328 g/mol. The van der Waals surface area contributed by atoms with Crippen LogP contribution in [0.15, 0.2) is 42.6 Å². The topological polar surface area (TPSA) is 79.6 Å². The lowest BCUT2D eigenvalue weighted by Gasteiger charge is -2.25. The molecule has 0 aliphatic rings. The Morgan fingerprint density at radius 3 is 2.54 bits per heavy atom. The summed E-state index contributed by atoms with van der Waals surface area (Å²) in [5, 5.41) is 10.9. The largest absolute Gasteiger partial charge is 0.363 e. The second-order valence-corrected chi connectivity index (χ2v) is 5.74. The second kappa shape index (κ2) is 7.08. The van der Waals surface area contributed by atoms with Crippen molar-refractivity contribution < 1.29 is 9.72 Å². The van der Waals surface area contributed by atoms with E-state index in [-0.39, 0.29) is 17.6 Å². The highest BCUT2D eigenvalue weighted by atomic mass is 16.6. The molecule has 0 saturated heterocycles. The highest BCUT2D eigenvalue weighted by molar-refractivity contribution is 5.95. The minimum absolute atomic E-state index is 0.0130. The molecule has 0 aliphatic heterocycles. The normalized spacial score (nSPS) is 11.7. The smallest absolute Gasteiger partial charge is 0.269 e. The molecule has 1 heterocycles. The fourth-order valence-electron chi connectivity index (χ4n) is 2.30. The van der Waals surface area contributed by atoms with Crippen molar-refractivity contribution in [2.24, 2.45) is 0 Å². The van der Waals surface area contributed by atoms with Gasteiger partial charge < -0.3 is 9.80 Å². The first-order valence-corrected chi connectivity index (χ1v) is 7.46. The molecule has 0 bridgehead atoms. The fourth-order valence-corrected chi connectivity index (χ4v) is 2.30. The number of amides is 1. The quantitative estimate of drug-likeness (QED) is 0.623. The first kappa shape index (κ1) is 17.4. The summed E-state index contributed by atoms with van der Waals surface area (Å²) in [5.74, 6) is 0.525. The van der Waals surface area contributed by atoms with Crippen LogP contribution in [0.5, 0.6) is 0 Å². The number of nitro groups is 1. The van der Waals surface area contributed by atoms with E-state index in [0.717, 1.165) is 0 Å². The summed E-state index contributed by atoms with van der Waals surface area (Å²) in [5.41, 5.74) is 1.24. The number of hydrogen-bond donors (Lipinski definition) is 0. The van der Waals surface area contributed by atoms with Gasteiger partial charge >= 0.3 is 0 Å². The summed E-state index contributed by atoms with van der Waals surface area (Å²) in [7, 11) is 5.39. The van der Waals surface area contributed by atoms with Gasteiger partial charge in [-0.2, -0.15) is 0 Å². The van der Waals surface area contributed by atoms with Gasteiger partial charge in [-0.15, -0.1) is 0 Å². The highest BCUT2D eigenvalue weighted by Crippen LogP contribution is 2.24. The predicted molar refractivity (Wildman–Crippen MR) is 92.2 cm³/mol. The van der Waals surface area contributed by atoms with Crippen LogP contribution in [0.25, 0.3) is 0 Å². The van der Waals surface area contributed by atoms with Crippen LogP contribution in [0.2, 0.25) is 0 Å². The van der Waals surface area contributed by atoms with Crippen LogP contribution < -0.4 is 4.90 Å². The van der Waals surface area contributed by atoms with Gasteiger partial charge in [0.2, 0.25) is 0 Å². The number of non-ortho nitro benzene ring substituents is 1. The third-order valence-corrected chi connectivity index (χ3v) is 3.92. The van der Waals surface area contributed by atoms with Crippen LogP contribution in [0, 0.1) is 10.1 Å². The van der Waals surface area contributed by atoms with Crippen LogP contribution in [-0.2, 0) is 0 Å². The van der Waals surface area contributed by atoms with E-state index in [4.69, 9.17) is 0 Å². The number of rotatable bonds is 5. The molecular weight excluding hydrogens is 308 g/mol. The van der Waals surface area contributed by atoms with Gasteiger partial charge in [-0.3, -0.25) is 14.9 Å². The Morgan fingerprint density at radius 1 is 1.21 bits per heavy atom. The van der Waals surface area contributed by atoms with E-state index in [2.05, 4.69) is 4.98 Å². The Labute approximate surface area is 140 Å². The first-order chi connectivity index (χ1) is 11.3. The molecule has 0 spiro atoms. The standard InChI is InChI=1S/C17H20N4O3/c1-12(13-6-5-7-15(10-13)21(23)24)20(4)17(22)14-8-9-18-16(11-14)19(2)3/h5-12H,1-4H3/t12-/m1/s1. The fraction of sp³-hybridized carbons (Fsp3) is 0.294. The van der Waals surface area contributed by atoms with E-state index in [9.17, 15) is 14.9 Å². The zero-order valence-corrected chi connectivity index (χ0v) is 14.1. The number of carbonyl (C=O) groups is 1. The Morgan fingerprint density at radius 2 is 1.92 bits per heavy atom. The molecule has 2 rings (SSSR count). The van der Waals surface area contributed by atoms with Gasteiger partial charge in [-0.25, -0.2) is 4.98 Å². The van der Waals surface area contributed by atoms with Crippen LogP contribution >= 0.6 is 0 Å². The molecule has 1 aromatic heterocycles. The lowest BCUT2D eigenvalue weighted by Crippen LogP contribution is -2.30. The average Bonchev–Trinajstić information content (AvgIpc) is 2.59. The summed E-state index contributed by atoms with van der Waals surface area (Å²) in [6.45, 7) is 1.84. The molecule has 7 nitrogen and oxygen atoms in total. The third-order valence-electron chi connectivity index (χ3n) is 3.92. The van der Waals surface area contributed by atoms with Crippen molar-refractivity contribution in [2.75, 3.05) is 26.0 Å². The van der Waals surface area contributed by atoms with Gasteiger partial charge in [0.25, 0.3) is 11.6 Å². The van der Waals surface area contributed by atoms with Gasteiger partial charge in [0, 0.05) is 45.0 Å². The second-order valence-electron chi connectivity index (χ2n) is 5.74. The zero-order valence-electron chi connectivity index (χ0n) is 14.1. The van der Waals surface area contributed by atoms with Gasteiger partial charge in [-0.05, 0) is 24.6 Å². The van der Waals surface area contributed by atoms with E-state index in [0.29, 0.717) is 16.9 Å². The van der Waals surface area contributed by atoms with E-state index in [1.807, 2.05) is 25.9 Å². The lowest BCUT2D eigenvalue weighted by atomic mass is 10.1. The molecule has 0 aliphatic carbocycles. The van der Waals surface area contributed by atoms with Gasteiger partial charge in [-0.1, -0.05) is 12.1 Å². The molecule has 7 heteroatoms. The lowest BCUT2D eigenvalue weighted by molar-refractivity contribution is -0.384. The summed E-state index contributed by atoms with van der Waals surface area (Å²) in [6.07, 6.45) is 1.59. The van der Waals surface area contributed by atoms with Gasteiger partial charge in [0.05, 0.1) is 11.0 Å². The number of pyridine rings is 1. The molecule has 126 valence electrons. The molecule has 0 N–H and O–H groups in total. The van der Waals surface area contributed by atoms with Gasteiger partial charge in [0.1, 0.15) is 5.82 Å². The number of nitrogens with zero attached hydrogens (tertiary/aromatic N) is 4. The van der Waals surface area contributed by atoms with E-state index >= 15 is 0 Å². The molecule has 2 aromatic rings. The maximum absolute atomic E-state index is 12.7. The Bertz CT molecular complexity index is 761. The third kappa shape index (κ3) is 3.68. The highest BCUT2D eigenvalue weighted by Gasteiger charge is 2.21. The summed E-state index contributed by atoms with van der Waals surface area (Å²) in [4.78, 5) is 30.8. The maximum atomic E-state index is 12.7. The number of anilines is 1. The number of nitro benzene ring substituents is 1. The zero-order chi connectivity index (χ0) is 17.9. The molecule has 1 aromatic carbocycles. The van der Waals surface area contributed by atoms with E-state index in [1.165, 1.54) is 12.1 Å². The van der Waals surface area contributed by atoms with Crippen LogP contribution in [0.3, 0.4) is 0 Å². The molecule has 0 saturated carbocycles. The van der Waals surface area contributed by atoms with Crippen molar-refractivity contribution in [2.45, 2.75) is 13.0 Å². The van der Waals surface area contributed by atoms with Crippen molar-refractivity contribution in [3.8, 4) is 0 Å². The Kier molecular flexibility index (Phi) is 5.13. The Balaban J connectivity index is 2.25. The van der Waals surface area contributed by atoms with Gasteiger partial charge in [0.15, 0.2) is 0 Å². The van der Waals surface area contributed by atoms with E-state index < -0.39 is 4.92 Å². The van der Waals surface area contributed by atoms with Crippen LogP contribution in [-0.4, -0.2) is 41.9 Å². The van der Waals surface area contributed by atoms with Crippen molar-refractivity contribution >= 4 is 17.4 Å². The Hall–Kier alpha value is -2.96. The summed E-state index contributed by atoms with van der Waals surface area (Å²) < 4.78 is 0. The number of aromatic nitrogens is 1. The minimum atomic E-state index is -0.440. The van der Waals surface area contributed by atoms with Crippen molar-refractivity contribution in [3.63, 3.8) is 0 Å². The van der Waals surface area contributed by atoms with Crippen molar-refractivity contribution in [1.29, 1.82) is 0 Å². The predicted octanol–water partition coefficient (Wildman–Crippen LogP) is 2.89. The van der Waals surface area contributed by atoms with Crippen molar-refractivity contribution in [1.82, 2.24) is 9.88 Å². The van der Waals surface area contributed by atoms with E-state index in [1.54, 1.807) is 42.4 Å². The molecule has 0 radical (unpaired) electrons. The summed E-state index contributed by atoms with van der Waals surface area (Å²) >= 11 is 0. The van der Waals surface area contributed by atoms with Crippen LogP contribution in [0.4, 0.5) is 11.5 Å². The number of hydrogen-bond acceptors (Lipinski definition) is 5. The number of carbonyl (C=O) groups excluding carboxylic acids is 1. The number of benzene rings is 1. The molecule has 0 fully saturated rings. The molecule has 0 unspecified atom stereocenters. The monoisotopic (exact) mass is 328 g/mol. The van der Waals surface area contributed by atoms with Crippen LogP contribution in [0.1, 0.15) is 28.9 Å². The first-order valence-electron chi connectivity index (χ1n) is 7.46. The maximum Gasteiger partial charge on any atom is 0.269 e. The SMILES string of the molecule is C[C@H](c1cccc([N+](=O)[O-])c1)N(C)C(=O)c1ccnc(N(C)C)c1. The molecule has 24 heavy (non-hydrogen) atoms. The molecule has 1 atom stereocenters. The minimum Gasteiger partial charge on any atom is -0.363 e. The summed E-state index contributed by atoms with van der Waals surface area (Å²) in [6, 6.07) is 9.41. The molecule has 1 amide bonds.